The summed E-state index contributed by atoms with van der Waals surface area (Å²) in [5.74, 6) is -2.20. The highest BCUT2D eigenvalue weighted by atomic mass is 19.3. The summed E-state index contributed by atoms with van der Waals surface area (Å²) in [5.41, 5.74) is 1.31. The van der Waals surface area contributed by atoms with E-state index >= 15 is 0 Å². The first kappa shape index (κ1) is 12.5. The smallest absolute Gasteiger partial charge is 0.270 e. The molecule has 0 atom stereocenters. The molecule has 0 spiro atoms. The Morgan fingerprint density at radius 1 is 1.12 bits per heavy atom. The van der Waals surface area contributed by atoms with Crippen LogP contribution in [0.5, 0.6) is 0 Å². The van der Waals surface area contributed by atoms with Crippen LogP contribution < -0.4 is 0 Å². The van der Waals surface area contributed by atoms with E-state index in [0.29, 0.717) is 5.92 Å². The van der Waals surface area contributed by atoms with Crippen molar-refractivity contribution in [2.24, 2.45) is 0 Å². The van der Waals surface area contributed by atoms with Crippen LogP contribution in [0.2, 0.25) is 0 Å². The molecule has 0 saturated carbocycles. The lowest BCUT2D eigenvalue weighted by atomic mass is 9.89. The zero-order valence-electron chi connectivity index (χ0n) is 10.4. The van der Waals surface area contributed by atoms with Gasteiger partial charge in [0.25, 0.3) is 5.92 Å². The third kappa shape index (κ3) is 3.03. The Labute approximate surface area is 101 Å². The minimum absolute atomic E-state index is 0.106. The van der Waals surface area contributed by atoms with Crippen molar-refractivity contribution in [3.63, 3.8) is 0 Å². The molecule has 3 heteroatoms. The van der Waals surface area contributed by atoms with E-state index in [9.17, 15) is 8.78 Å². The van der Waals surface area contributed by atoms with Gasteiger partial charge in [-0.2, -0.15) is 0 Å². The molecule has 0 radical (unpaired) electrons. The second kappa shape index (κ2) is 4.73. The zero-order valence-corrected chi connectivity index (χ0v) is 10.4. The number of piperidine rings is 1. The van der Waals surface area contributed by atoms with Crippen LogP contribution in [0.15, 0.2) is 24.3 Å². The van der Waals surface area contributed by atoms with E-state index in [1.165, 1.54) is 5.56 Å². The van der Waals surface area contributed by atoms with Gasteiger partial charge in [0.1, 0.15) is 0 Å². The predicted octanol–water partition coefficient (Wildman–Crippen LogP) is 3.61. The third-order valence-electron chi connectivity index (χ3n) is 3.61. The van der Waals surface area contributed by atoms with Gasteiger partial charge >= 0.3 is 0 Å². The van der Waals surface area contributed by atoms with Crippen LogP contribution in [-0.2, 0) is 5.92 Å². The van der Waals surface area contributed by atoms with Crippen molar-refractivity contribution < 1.29 is 8.78 Å². The third-order valence-corrected chi connectivity index (χ3v) is 3.61. The van der Waals surface area contributed by atoms with E-state index in [1.807, 2.05) is 12.1 Å². The van der Waals surface area contributed by atoms with E-state index in [0.717, 1.165) is 32.9 Å². The monoisotopic (exact) mass is 239 g/mol. The van der Waals surface area contributed by atoms with Crippen molar-refractivity contribution >= 4 is 0 Å². The molecular weight excluding hydrogens is 220 g/mol. The number of hydrogen-bond acceptors (Lipinski definition) is 1. The number of rotatable bonds is 2. The molecule has 1 nitrogen and oxygen atoms in total. The van der Waals surface area contributed by atoms with E-state index in [1.54, 1.807) is 12.1 Å². The molecule has 0 unspecified atom stereocenters. The van der Waals surface area contributed by atoms with Crippen LogP contribution in [0, 0.1) is 0 Å². The van der Waals surface area contributed by atoms with E-state index in [2.05, 4.69) is 11.9 Å². The fourth-order valence-electron chi connectivity index (χ4n) is 2.39. The van der Waals surface area contributed by atoms with Crippen molar-refractivity contribution in [3.8, 4) is 0 Å². The molecule has 1 fully saturated rings. The summed E-state index contributed by atoms with van der Waals surface area (Å²) in [7, 11) is 2.12. The maximum Gasteiger partial charge on any atom is 0.270 e. The summed E-state index contributed by atoms with van der Waals surface area (Å²) < 4.78 is 26.1. The van der Waals surface area contributed by atoms with Crippen LogP contribution in [0.3, 0.4) is 0 Å². The maximum atomic E-state index is 13.1. The van der Waals surface area contributed by atoms with Gasteiger partial charge in [-0.3, -0.25) is 0 Å². The average molecular weight is 239 g/mol. The summed E-state index contributed by atoms with van der Waals surface area (Å²) in [6.45, 7) is 3.13. The molecule has 1 aromatic rings. The summed E-state index contributed by atoms with van der Waals surface area (Å²) in [5, 5.41) is 0. The van der Waals surface area contributed by atoms with E-state index < -0.39 is 5.92 Å². The highest BCUT2D eigenvalue weighted by Crippen LogP contribution is 2.31. The molecular formula is C14H19F2N. The van der Waals surface area contributed by atoms with Crippen LogP contribution in [0.25, 0.3) is 0 Å². The van der Waals surface area contributed by atoms with Crippen LogP contribution >= 0.6 is 0 Å². The molecule has 2 rings (SSSR count). The SMILES string of the molecule is CN1CCC(c2ccc(C(C)(F)F)cc2)CC1. The van der Waals surface area contributed by atoms with Gasteiger partial charge in [0.2, 0.25) is 0 Å². The fourth-order valence-corrected chi connectivity index (χ4v) is 2.39. The molecule has 1 aliphatic rings. The van der Waals surface area contributed by atoms with Crippen LogP contribution in [0.1, 0.15) is 36.8 Å². The molecule has 1 heterocycles. The number of likely N-dealkylation sites (tertiary alicyclic amines) is 1. The van der Waals surface area contributed by atoms with E-state index in [4.69, 9.17) is 0 Å². The average Bonchev–Trinajstić information content (AvgIpc) is 2.29. The molecule has 0 amide bonds. The zero-order chi connectivity index (χ0) is 12.5. The molecule has 0 bridgehead atoms. The summed E-state index contributed by atoms with van der Waals surface area (Å²) >= 11 is 0. The summed E-state index contributed by atoms with van der Waals surface area (Å²) in [6.07, 6.45) is 2.25. The van der Waals surface area contributed by atoms with Crippen LogP contribution in [0.4, 0.5) is 8.78 Å². The van der Waals surface area contributed by atoms with E-state index in [-0.39, 0.29) is 5.56 Å². The summed E-state index contributed by atoms with van der Waals surface area (Å²) in [6, 6.07) is 6.85. The van der Waals surface area contributed by atoms with Crippen molar-refractivity contribution in [2.45, 2.75) is 31.6 Å². The van der Waals surface area contributed by atoms with Crippen molar-refractivity contribution in [2.75, 3.05) is 20.1 Å². The minimum Gasteiger partial charge on any atom is -0.306 e. The molecule has 0 N–H and O–H groups in total. The number of halogens is 2. The fraction of sp³-hybridized carbons (Fsp3) is 0.571. The van der Waals surface area contributed by atoms with Gasteiger partial charge < -0.3 is 4.90 Å². The molecule has 1 saturated heterocycles. The largest absolute Gasteiger partial charge is 0.306 e. The molecule has 1 aromatic carbocycles. The molecule has 1 aliphatic heterocycles. The Balaban J connectivity index is 2.08. The van der Waals surface area contributed by atoms with Crippen molar-refractivity contribution in [1.82, 2.24) is 4.90 Å². The van der Waals surface area contributed by atoms with Gasteiger partial charge in [0.15, 0.2) is 0 Å². The molecule has 0 aliphatic carbocycles. The Morgan fingerprint density at radius 3 is 2.12 bits per heavy atom. The topological polar surface area (TPSA) is 3.24 Å². The van der Waals surface area contributed by atoms with Crippen molar-refractivity contribution in [1.29, 1.82) is 0 Å². The Morgan fingerprint density at radius 2 is 1.65 bits per heavy atom. The summed E-state index contributed by atoms with van der Waals surface area (Å²) in [4.78, 5) is 2.31. The predicted molar refractivity (Wildman–Crippen MR) is 65.5 cm³/mol. The van der Waals surface area contributed by atoms with Gasteiger partial charge in [-0.25, -0.2) is 8.78 Å². The molecule has 0 aromatic heterocycles. The number of alkyl halides is 2. The number of benzene rings is 1. The quantitative estimate of drug-likeness (QED) is 0.762. The van der Waals surface area contributed by atoms with Gasteiger partial charge in [0, 0.05) is 12.5 Å². The van der Waals surface area contributed by atoms with Crippen LogP contribution in [-0.4, -0.2) is 25.0 Å². The standard InChI is InChI=1S/C14H19F2N/c1-14(15,16)13-5-3-11(4-6-13)12-7-9-17(2)10-8-12/h3-6,12H,7-10H2,1-2H3. The first-order valence-corrected chi connectivity index (χ1v) is 6.13. The number of nitrogens with zero attached hydrogens (tertiary/aromatic N) is 1. The minimum atomic E-state index is -2.73. The Kier molecular flexibility index (Phi) is 3.48. The normalized spacial score (nSPS) is 19.5. The second-order valence-corrected chi connectivity index (χ2v) is 5.09. The van der Waals surface area contributed by atoms with Gasteiger partial charge in [-0.05, 0) is 44.5 Å². The lowest BCUT2D eigenvalue weighted by Gasteiger charge is -2.29. The Bertz CT molecular complexity index is 359. The van der Waals surface area contributed by atoms with Crippen molar-refractivity contribution in [3.05, 3.63) is 35.4 Å². The Hall–Kier alpha value is -0.960. The van der Waals surface area contributed by atoms with Gasteiger partial charge in [-0.15, -0.1) is 0 Å². The first-order chi connectivity index (χ1) is 7.97. The molecule has 94 valence electrons. The maximum absolute atomic E-state index is 13.1. The molecule has 17 heavy (non-hydrogen) atoms. The van der Waals surface area contributed by atoms with Gasteiger partial charge in [0.05, 0.1) is 0 Å². The second-order valence-electron chi connectivity index (χ2n) is 5.09. The van der Waals surface area contributed by atoms with Gasteiger partial charge in [-0.1, -0.05) is 24.3 Å². The lowest BCUT2D eigenvalue weighted by Crippen LogP contribution is -2.29. The highest BCUT2D eigenvalue weighted by Gasteiger charge is 2.24. The first-order valence-electron chi connectivity index (χ1n) is 6.13. The highest BCUT2D eigenvalue weighted by molar-refractivity contribution is 5.28. The number of hydrogen-bond donors (Lipinski definition) is 0. The lowest BCUT2D eigenvalue weighted by molar-refractivity contribution is 0.0174.